The van der Waals surface area contributed by atoms with Gasteiger partial charge >= 0.3 is 5.97 Å². The summed E-state index contributed by atoms with van der Waals surface area (Å²) in [4.78, 5) is 12.1. The SMILES string of the molecule is C=CC(=O)OCCCC(F)(F)CCCOc1ccc2cc(-c3ccc(CCCCC)cc3OC)sc2c1. The summed E-state index contributed by atoms with van der Waals surface area (Å²) in [6, 6.07) is 14.4. The van der Waals surface area contributed by atoms with Crippen molar-refractivity contribution in [3.63, 3.8) is 0 Å². The van der Waals surface area contributed by atoms with Crippen LogP contribution in [0, 0.1) is 0 Å². The molecule has 3 aromatic rings. The van der Waals surface area contributed by atoms with Crippen molar-refractivity contribution >= 4 is 27.4 Å². The Kier molecular flexibility index (Phi) is 10.9. The molecule has 4 nitrogen and oxygen atoms in total. The summed E-state index contributed by atoms with van der Waals surface area (Å²) in [5.41, 5.74) is 2.35. The number of fused-ring (bicyclic) bond motifs is 1. The first-order chi connectivity index (χ1) is 17.8. The van der Waals surface area contributed by atoms with E-state index in [2.05, 4.69) is 37.8 Å². The van der Waals surface area contributed by atoms with E-state index in [4.69, 9.17) is 14.2 Å². The fourth-order valence-corrected chi connectivity index (χ4v) is 5.24. The van der Waals surface area contributed by atoms with Crippen LogP contribution in [0.3, 0.4) is 0 Å². The number of methoxy groups -OCH3 is 1. The first-order valence-corrected chi connectivity index (χ1v) is 13.7. The van der Waals surface area contributed by atoms with E-state index in [9.17, 15) is 13.6 Å². The number of unbranched alkanes of at least 4 members (excludes halogenated alkanes) is 2. The predicted molar refractivity (Wildman–Crippen MR) is 147 cm³/mol. The molecule has 0 aliphatic carbocycles. The van der Waals surface area contributed by atoms with Gasteiger partial charge in [0, 0.05) is 34.1 Å². The van der Waals surface area contributed by atoms with Crippen molar-refractivity contribution in [3.05, 3.63) is 60.7 Å². The number of halogens is 2. The van der Waals surface area contributed by atoms with Gasteiger partial charge in [-0.1, -0.05) is 32.4 Å². The number of thiophene rings is 1. The van der Waals surface area contributed by atoms with Crippen LogP contribution in [0.15, 0.2) is 55.1 Å². The molecule has 0 amide bonds. The van der Waals surface area contributed by atoms with E-state index >= 15 is 0 Å². The second-order valence-corrected chi connectivity index (χ2v) is 10.2. The molecule has 200 valence electrons. The Labute approximate surface area is 222 Å². The maximum Gasteiger partial charge on any atom is 0.330 e. The molecular formula is C30H36F2O4S. The molecular weight excluding hydrogens is 494 g/mol. The zero-order chi connectivity index (χ0) is 26.7. The maximum atomic E-state index is 14.1. The Morgan fingerprint density at radius 1 is 1.03 bits per heavy atom. The number of carbonyl (C=O) groups is 1. The van der Waals surface area contributed by atoms with Gasteiger partial charge in [0.05, 0.1) is 20.3 Å². The van der Waals surface area contributed by atoms with E-state index in [1.807, 2.05) is 18.2 Å². The van der Waals surface area contributed by atoms with Gasteiger partial charge in [-0.05, 0) is 73.0 Å². The number of esters is 1. The number of hydrogen-bond donors (Lipinski definition) is 0. The number of benzene rings is 2. The number of ether oxygens (including phenoxy) is 3. The Balaban J connectivity index is 1.54. The Morgan fingerprint density at radius 3 is 2.54 bits per heavy atom. The van der Waals surface area contributed by atoms with Crippen LogP contribution in [0.1, 0.15) is 57.4 Å². The number of hydrogen-bond acceptors (Lipinski definition) is 5. The minimum absolute atomic E-state index is 0.0330. The van der Waals surface area contributed by atoms with Crippen molar-refractivity contribution in [2.45, 2.75) is 64.2 Å². The minimum Gasteiger partial charge on any atom is -0.496 e. The summed E-state index contributed by atoms with van der Waals surface area (Å²) < 4.78 is 45.4. The molecule has 0 saturated carbocycles. The largest absolute Gasteiger partial charge is 0.496 e. The molecule has 37 heavy (non-hydrogen) atoms. The highest BCUT2D eigenvalue weighted by molar-refractivity contribution is 7.22. The fraction of sp³-hybridized carbons (Fsp3) is 0.433. The van der Waals surface area contributed by atoms with Crippen LogP contribution in [0.2, 0.25) is 0 Å². The van der Waals surface area contributed by atoms with Gasteiger partial charge in [-0.25, -0.2) is 13.6 Å². The Hall–Kier alpha value is -2.93. The lowest BCUT2D eigenvalue weighted by molar-refractivity contribution is -0.138. The molecule has 0 radical (unpaired) electrons. The van der Waals surface area contributed by atoms with Gasteiger partial charge < -0.3 is 14.2 Å². The van der Waals surface area contributed by atoms with Crippen LogP contribution in [0.5, 0.6) is 11.5 Å². The van der Waals surface area contributed by atoms with Crippen LogP contribution in [0.4, 0.5) is 8.78 Å². The van der Waals surface area contributed by atoms with Crippen LogP contribution in [-0.4, -0.2) is 32.2 Å². The average molecular weight is 531 g/mol. The van der Waals surface area contributed by atoms with E-state index < -0.39 is 11.9 Å². The highest BCUT2D eigenvalue weighted by Gasteiger charge is 2.27. The van der Waals surface area contributed by atoms with Gasteiger partial charge in [0.15, 0.2) is 0 Å². The number of alkyl halides is 2. The Morgan fingerprint density at radius 2 is 1.81 bits per heavy atom. The van der Waals surface area contributed by atoms with Gasteiger partial charge in [-0.15, -0.1) is 11.3 Å². The van der Waals surface area contributed by atoms with Crippen molar-refractivity contribution in [2.75, 3.05) is 20.3 Å². The fourth-order valence-electron chi connectivity index (χ4n) is 4.12. The first kappa shape index (κ1) is 28.6. The molecule has 2 aromatic carbocycles. The minimum atomic E-state index is -2.82. The predicted octanol–water partition coefficient (Wildman–Crippen LogP) is 8.61. The van der Waals surface area contributed by atoms with Gasteiger partial charge in [0.25, 0.3) is 0 Å². The average Bonchev–Trinajstić information content (AvgIpc) is 3.32. The molecule has 1 heterocycles. The van der Waals surface area contributed by atoms with E-state index in [-0.39, 0.29) is 38.9 Å². The second-order valence-electron chi connectivity index (χ2n) is 9.09. The summed E-state index contributed by atoms with van der Waals surface area (Å²) in [7, 11) is 1.70. The molecule has 1 aromatic heterocycles. The molecule has 0 fully saturated rings. The van der Waals surface area contributed by atoms with Crippen LogP contribution < -0.4 is 9.47 Å². The van der Waals surface area contributed by atoms with Crippen molar-refractivity contribution < 1.29 is 27.8 Å². The van der Waals surface area contributed by atoms with Gasteiger partial charge in [-0.3, -0.25) is 0 Å². The third-order valence-corrected chi connectivity index (χ3v) is 7.28. The number of carbonyl (C=O) groups excluding carboxylic acids is 1. The van der Waals surface area contributed by atoms with E-state index in [1.165, 1.54) is 24.8 Å². The molecule has 0 aliphatic rings. The molecule has 0 spiro atoms. The molecule has 3 rings (SSSR count). The normalized spacial score (nSPS) is 11.5. The summed E-state index contributed by atoms with van der Waals surface area (Å²) >= 11 is 1.66. The van der Waals surface area contributed by atoms with Crippen molar-refractivity contribution in [2.24, 2.45) is 0 Å². The molecule has 0 atom stereocenters. The maximum absolute atomic E-state index is 14.1. The lowest BCUT2D eigenvalue weighted by Gasteiger charge is -2.16. The van der Waals surface area contributed by atoms with E-state index in [0.717, 1.165) is 38.8 Å². The molecule has 7 heteroatoms. The molecule has 0 bridgehead atoms. The zero-order valence-electron chi connectivity index (χ0n) is 21.7. The lowest BCUT2D eigenvalue weighted by Crippen LogP contribution is -2.18. The lowest BCUT2D eigenvalue weighted by atomic mass is 10.0. The van der Waals surface area contributed by atoms with E-state index in [0.29, 0.717) is 5.75 Å². The van der Waals surface area contributed by atoms with Crippen molar-refractivity contribution in [1.29, 1.82) is 0 Å². The van der Waals surface area contributed by atoms with Gasteiger partial charge in [-0.2, -0.15) is 0 Å². The second kappa shape index (κ2) is 14.1. The third kappa shape index (κ3) is 8.85. The van der Waals surface area contributed by atoms with Crippen LogP contribution in [0.25, 0.3) is 20.5 Å². The summed E-state index contributed by atoms with van der Waals surface area (Å²) in [5, 5.41) is 1.10. The summed E-state index contributed by atoms with van der Waals surface area (Å²) in [5.74, 6) is -1.88. The first-order valence-electron chi connectivity index (χ1n) is 12.9. The molecule has 0 N–H and O–H groups in total. The Bertz CT molecular complexity index is 1170. The monoisotopic (exact) mass is 530 g/mol. The third-order valence-electron chi connectivity index (χ3n) is 6.15. The molecule has 0 unspecified atom stereocenters. The smallest absolute Gasteiger partial charge is 0.330 e. The van der Waals surface area contributed by atoms with Crippen LogP contribution in [-0.2, 0) is 16.0 Å². The van der Waals surface area contributed by atoms with E-state index in [1.54, 1.807) is 18.4 Å². The highest BCUT2D eigenvalue weighted by atomic mass is 32.1. The zero-order valence-corrected chi connectivity index (χ0v) is 22.5. The standard InChI is InChI=1S/C30H36F2O4S/c1-4-6-7-10-22-11-14-25(26(19-22)34-3)28-20-23-12-13-24(21-27(23)37-28)35-17-8-15-30(31,32)16-9-18-36-29(33)5-2/h5,11-14,19-21H,2,4,6-10,15-18H2,1,3H3. The topological polar surface area (TPSA) is 44.8 Å². The van der Waals surface area contributed by atoms with Gasteiger partial charge in [0.1, 0.15) is 11.5 Å². The highest BCUT2D eigenvalue weighted by Crippen LogP contribution is 2.40. The van der Waals surface area contributed by atoms with Crippen molar-refractivity contribution in [3.8, 4) is 21.9 Å². The molecule has 0 saturated heterocycles. The molecule has 0 aliphatic heterocycles. The van der Waals surface area contributed by atoms with Crippen LogP contribution >= 0.6 is 11.3 Å². The summed E-state index contributed by atoms with van der Waals surface area (Å²) in [6.45, 7) is 5.65. The number of aryl methyl sites for hydroxylation is 1. The summed E-state index contributed by atoms with van der Waals surface area (Å²) in [6.07, 6.45) is 5.41. The van der Waals surface area contributed by atoms with Gasteiger partial charge in [0.2, 0.25) is 5.92 Å². The van der Waals surface area contributed by atoms with Crippen molar-refractivity contribution in [1.82, 2.24) is 0 Å². The number of rotatable bonds is 16. The quantitative estimate of drug-likeness (QED) is 0.106.